The van der Waals surface area contributed by atoms with E-state index >= 15 is 0 Å². The number of amides is 1. The molecule has 0 saturated heterocycles. The molecule has 20 heavy (non-hydrogen) atoms. The maximum absolute atomic E-state index is 11.8. The molecule has 1 N–H and O–H groups in total. The third-order valence-corrected chi connectivity index (χ3v) is 2.76. The van der Waals surface area contributed by atoms with Gasteiger partial charge in [-0.1, -0.05) is 12.1 Å². The topological polar surface area (TPSA) is 63.6 Å². The molecule has 5 nitrogen and oxygen atoms in total. The highest BCUT2D eigenvalue weighted by Gasteiger charge is 2.04. The molecule has 0 radical (unpaired) electrons. The van der Waals surface area contributed by atoms with Gasteiger partial charge in [0.15, 0.2) is 0 Å². The zero-order chi connectivity index (χ0) is 14.4. The summed E-state index contributed by atoms with van der Waals surface area (Å²) in [6, 6.07) is 10.7. The first-order chi connectivity index (χ1) is 9.70. The first-order valence-electron chi connectivity index (χ1n) is 6.10. The van der Waals surface area contributed by atoms with Crippen molar-refractivity contribution in [1.82, 2.24) is 10.4 Å². The summed E-state index contributed by atoms with van der Waals surface area (Å²) in [7, 11) is 1.61. The Morgan fingerprint density at radius 2 is 1.95 bits per heavy atom. The first-order valence-corrected chi connectivity index (χ1v) is 6.10. The monoisotopic (exact) mass is 269 g/mol. The Balaban J connectivity index is 2.09. The molecule has 1 amide bonds. The van der Waals surface area contributed by atoms with E-state index < -0.39 is 0 Å². The molecule has 2 rings (SSSR count). The molecule has 1 heterocycles. The fourth-order valence-corrected chi connectivity index (χ4v) is 1.62. The summed E-state index contributed by atoms with van der Waals surface area (Å²) in [5, 5.41) is 4.09. The second kappa shape index (κ2) is 6.47. The first kappa shape index (κ1) is 13.7. The van der Waals surface area contributed by atoms with Crippen molar-refractivity contribution in [3.63, 3.8) is 0 Å². The number of hydrogen-bond acceptors (Lipinski definition) is 4. The van der Waals surface area contributed by atoms with Crippen LogP contribution in [0.2, 0.25) is 0 Å². The van der Waals surface area contributed by atoms with Gasteiger partial charge in [-0.2, -0.15) is 5.10 Å². The van der Waals surface area contributed by atoms with Gasteiger partial charge in [0.1, 0.15) is 5.75 Å². The average molecular weight is 269 g/mol. The molecule has 0 unspecified atom stereocenters. The normalized spacial score (nSPS) is 11.0. The quantitative estimate of drug-likeness (QED) is 0.684. The van der Waals surface area contributed by atoms with Crippen LogP contribution in [-0.2, 0) is 0 Å². The molecule has 0 saturated carbocycles. The summed E-state index contributed by atoms with van der Waals surface area (Å²) in [5.74, 6) is 0.479. The van der Waals surface area contributed by atoms with Crippen LogP contribution in [0.1, 0.15) is 22.8 Å². The smallest absolute Gasteiger partial charge is 0.271 e. The molecule has 2 aromatic rings. The zero-order valence-electron chi connectivity index (χ0n) is 11.3. The van der Waals surface area contributed by atoms with Crippen LogP contribution in [0.4, 0.5) is 0 Å². The van der Waals surface area contributed by atoms with Gasteiger partial charge < -0.3 is 4.74 Å². The predicted molar refractivity (Wildman–Crippen MR) is 76.9 cm³/mol. The van der Waals surface area contributed by atoms with E-state index in [9.17, 15) is 4.79 Å². The number of aromatic nitrogens is 1. The van der Waals surface area contributed by atoms with E-state index in [2.05, 4.69) is 15.5 Å². The van der Waals surface area contributed by atoms with Crippen molar-refractivity contribution in [2.75, 3.05) is 7.11 Å². The van der Waals surface area contributed by atoms with Gasteiger partial charge in [0.25, 0.3) is 5.91 Å². The van der Waals surface area contributed by atoms with Gasteiger partial charge in [0, 0.05) is 23.5 Å². The number of rotatable bonds is 4. The molecule has 0 fully saturated rings. The van der Waals surface area contributed by atoms with Crippen molar-refractivity contribution >= 4 is 11.6 Å². The highest BCUT2D eigenvalue weighted by molar-refractivity contribution is 6.01. The Bertz CT molecular complexity index is 624. The van der Waals surface area contributed by atoms with Crippen molar-refractivity contribution < 1.29 is 9.53 Å². The van der Waals surface area contributed by atoms with Gasteiger partial charge in [-0.3, -0.25) is 9.78 Å². The van der Waals surface area contributed by atoms with Gasteiger partial charge >= 0.3 is 0 Å². The van der Waals surface area contributed by atoms with Crippen molar-refractivity contribution in [1.29, 1.82) is 0 Å². The van der Waals surface area contributed by atoms with Crippen LogP contribution in [0, 0.1) is 0 Å². The van der Waals surface area contributed by atoms with Crippen LogP contribution in [0.25, 0.3) is 0 Å². The molecule has 0 aliphatic heterocycles. The molecular formula is C15H15N3O2. The maximum atomic E-state index is 11.8. The number of methoxy groups -OCH3 is 1. The second-order valence-electron chi connectivity index (χ2n) is 4.11. The molecule has 1 aromatic carbocycles. The van der Waals surface area contributed by atoms with E-state index in [4.69, 9.17) is 4.74 Å². The van der Waals surface area contributed by atoms with Crippen LogP contribution < -0.4 is 10.2 Å². The van der Waals surface area contributed by atoms with Crippen LogP contribution in [-0.4, -0.2) is 23.7 Å². The Morgan fingerprint density at radius 1 is 1.20 bits per heavy atom. The minimum Gasteiger partial charge on any atom is -0.497 e. The van der Waals surface area contributed by atoms with Gasteiger partial charge in [0.05, 0.1) is 12.8 Å². The zero-order valence-corrected chi connectivity index (χ0v) is 11.3. The fourth-order valence-electron chi connectivity index (χ4n) is 1.62. The van der Waals surface area contributed by atoms with E-state index in [1.807, 2.05) is 31.2 Å². The lowest BCUT2D eigenvalue weighted by Crippen LogP contribution is -2.19. The highest BCUT2D eigenvalue weighted by Crippen LogP contribution is 2.13. The average Bonchev–Trinajstić information content (AvgIpc) is 2.53. The van der Waals surface area contributed by atoms with Crippen LogP contribution >= 0.6 is 0 Å². The number of nitrogens with zero attached hydrogens (tertiary/aromatic N) is 2. The van der Waals surface area contributed by atoms with E-state index in [1.165, 1.54) is 0 Å². The van der Waals surface area contributed by atoms with Crippen LogP contribution in [0.15, 0.2) is 53.9 Å². The number of benzene rings is 1. The standard InChI is InChI=1S/C15H15N3O2/c1-11(13-4-3-5-14(10-13)20-2)17-18-15(19)12-6-8-16-9-7-12/h3-10H,1-2H3,(H,18,19). The minimum absolute atomic E-state index is 0.269. The van der Waals surface area contributed by atoms with Crippen molar-refractivity contribution in [2.45, 2.75) is 6.92 Å². The third kappa shape index (κ3) is 3.41. The lowest BCUT2D eigenvalue weighted by Gasteiger charge is -2.05. The SMILES string of the molecule is COc1cccc(C(C)=NNC(=O)c2ccncc2)c1. The number of carbonyl (C=O) groups is 1. The molecule has 0 spiro atoms. The van der Waals surface area contributed by atoms with Gasteiger partial charge in [0.2, 0.25) is 0 Å². The molecule has 0 bridgehead atoms. The van der Waals surface area contributed by atoms with Crippen molar-refractivity contribution in [3.8, 4) is 5.75 Å². The van der Waals surface area contributed by atoms with E-state index in [0.717, 1.165) is 11.3 Å². The minimum atomic E-state index is -0.269. The Kier molecular flexibility index (Phi) is 4.44. The van der Waals surface area contributed by atoms with Crippen molar-refractivity contribution in [3.05, 3.63) is 59.9 Å². The Morgan fingerprint density at radius 3 is 2.65 bits per heavy atom. The van der Waals surface area contributed by atoms with E-state index in [0.29, 0.717) is 11.3 Å². The number of ether oxygens (including phenoxy) is 1. The number of pyridine rings is 1. The van der Waals surface area contributed by atoms with Crippen LogP contribution in [0.5, 0.6) is 5.75 Å². The summed E-state index contributed by atoms with van der Waals surface area (Å²) in [6.07, 6.45) is 3.13. The van der Waals surface area contributed by atoms with Crippen molar-refractivity contribution in [2.24, 2.45) is 5.10 Å². The molecule has 0 atom stereocenters. The second-order valence-corrected chi connectivity index (χ2v) is 4.11. The summed E-state index contributed by atoms with van der Waals surface area (Å²) in [5.41, 5.74) is 4.62. The molecule has 1 aromatic heterocycles. The number of nitrogens with one attached hydrogen (secondary N) is 1. The maximum Gasteiger partial charge on any atom is 0.271 e. The number of carbonyl (C=O) groups excluding carboxylic acids is 1. The predicted octanol–water partition coefficient (Wildman–Crippen LogP) is 2.24. The summed E-state index contributed by atoms with van der Waals surface area (Å²) in [6.45, 7) is 1.82. The van der Waals surface area contributed by atoms with Gasteiger partial charge in [-0.15, -0.1) is 0 Å². The summed E-state index contributed by atoms with van der Waals surface area (Å²) >= 11 is 0. The Hall–Kier alpha value is -2.69. The molecule has 0 aliphatic rings. The molecule has 0 aliphatic carbocycles. The van der Waals surface area contributed by atoms with E-state index in [1.54, 1.807) is 31.6 Å². The number of hydrogen-bond donors (Lipinski definition) is 1. The fraction of sp³-hybridized carbons (Fsp3) is 0.133. The molecular weight excluding hydrogens is 254 g/mol. The van der Waals surface area contributed by atoms with Gasteiger partial charge in [-0.05, 0) is 31.2 Å². The largest absolute Gasteiger partial charge is 0.497 e. The molecule has 102 valence electrons. The Labute approximate surface area is 117 Å². The summed E-state index contributed by atoms with van der Waals surface area (Å²) in [4.78, 5) is 15.7. The third-order valence-electron chi connectivity index (χ3n) is 2.76. The highest BCUT2D eigenvalue weighted by atomic mass is 16.5. The lowest BCUT2D eigenvalue weighted by molar-refractivity contribution is 0.0954. The van der Waals surface area contributed by atoms with E-state index in [-0.39, 0.29) is 5.91 Å². The molecule has 5 heteroatoms. The summed E-state index contributed by atoms with van der Waals surface area (Å²) < 4.78 is 5.15. The number of hydrazone groups is 1. The van der Waals surface area contributed by atoms with Crippen LogP contribution in [0.3, 0.4) is 0 Å². The lowest BCUT2D eigenvalue weighted by atomic mass is 10.1. The van der Waals surface area contributed by atoms with Gasteiger partial charge in [-0.25, -0.2) is 5.43 Å².